The van der Waals surface area contributed by atoms with Gasteiger partial charge in [0.1, 0.15) is 11.9 Å². The minimum absolute atomic E-state index is 0.0398. The molecule has 1 aromatic heterocycles. The van der Waals surface area contributed by atoms with Gasteiger partial charge in [0.15, 0.2) is 16.7 Å². The topological polar surface area (TPSA) is 149 Å². The van der Waals surface area contributed by atoms with Crippen LogP contribution >= 0.6 is 11.6 Å². The number of hydrogen-bond acceptors (Lipinski definition) is 9. The molecule has 1 heterocycles. The lowest BCUT2D eigenvalue weighted by molar-refractivity contribution is 0.00446. The Morgan fingerprint density at radius 3 is 2.74 bits per heavy atom. The molecule has 0 bridgehead atoms. The molecule has 3 rings (SSSR count). The van der Waals surface area contributed by atoms with Crippen molar-refractivity contribution in [1.29, 1.82) is 0 Å². The van der Waals surface area contributed by atoms with E-state index in [1.54, 1.807) is 6.08 Å². The first kappa shape index (κ1) is 19.6. The first-order valence-electron chi connectivity index (χ1n) is 8.40. The van der Waals surface area contributed by atoms with Crippen LogP contribution in [0.15, 0.2) is 34.3 Å². The second kappa shape index (κ2) is 8.26. The zero-order valence-electron chi connectivity index (χ0n) is 14.2. The van der Waals surface area contributed by atoms with Gasteiger partial charge in [-0.2, -0.15) is 15.1 Å². The molecule has 1 fully saturated rings. The standard InChI is InChI=1S/C16H20ClFN6O3/c17-14-11(24-23-9-3-1-8(18)2-4-9)15(22-16(19)21-14)20-10-5-7(6-25)12(26)13(10)27/h1-3,7,9-10,12-13,25-27H,4-6H2,(H3,19,20,21,22)/t7-,9?,10-,12-,13+/m1/s1. The Labute approximate surface area is 159 Å². The molecule has 0 saturated heterocycles. The molecular formula is C16H20ClFN6O3. The van der Waals surface area contributed by atoms with Crippen molar-refractivity contribution in [2.24, 2.45) is 16.1 Å². The van der Waals surface area contributed by atoms with Gasteiger partial charge in [-0.05, 0) is 25.0 Å². The van der Waals surface area contributed by atoms with Crippen molar-refractivity contribution >= 4 is 29.1 Å². The predicted octanol–water partition coefficient (Wildman–Crippen LogP) is 1.49. The van der Waals surface area contributed by atoms with Crippen molar-refractivity contribution in [3.8, 4) is 0 Å². The van der Waals surface area contributed by atoms with E-state index in [-0.39, 0.29) is 41.1 Å². The largest absolute Gasteiger partial charge is 0.396 e. The van der Waals surface area contributed by atoms with Crippen molar-refractivity contribution in [2.75, 3.05) is 17.7 Å². The molecule has 146 valence electrons. The van der Waals surface area contributed by atoms with Crippen LogP contribution in [0.4, 0.5) is 21.8 Å². The van der Waals surface area contributed by atoms with Crippen molar-refractivity contribution in [3.63, 3.8) is 0 Å². The van der Waals surface area contributed by atoms with E-state index in [1.807, 2.05) is 0 Å². The van der Waals surface area contributed by atoms with Gasteiger partial charge in [-0.3, -0.25) is 0 Å². The number of allylic oxidation sites excluding steroid dienone is 2. The summed E-state index contributed by atoms with van der Waals surface area (Å²) in [4.78, 5) is 7.90. The summed E-state index contributed by atoms with van der Waals surface area (Å²) in [7, 11) is 0. The number of rotatable bonds is 5. The molecule has 11 heteroatoms. The summed E-state index contributed by atoms with van der Waals surface area (Å²) in [6.07, 6.45) is 2.76. The molecule has 0 spiro atoms. The summed E-state index contributed by atoms with van der Waals surface area (Å²) in [5.41, 5.74) is 5.76. The highest BCUT2D eigenvalue weighted by atomic mass is 35.5. The third-order valence-electron chi connectivity index (χ3n) is 4.56. The molecule has 9 nitrogen and oxygen atoms in total. The van der Waals surface area contributed by atoms with Crippen LogP contribution < -0.4 is 11.1 Å². The van der Waals surface area contributed by atoms with E-state index in [0.29, 0.717) is 12.8 Å². The van der Waals surface area contributed by atoms with Crippen LogP contribution in [-0.2, 0) is 0 Å². The Balaban J connectivity index is 1.82. The fourth-order valence-electron chi connectivity index (χ4n) is 3.06. The monoisotopic (exact) mass is 398 g/mol. The molecule has 2 aliphatic rings. The van der Waals surface area contributed by atoms with Gasteiger partial charge in [0.05, 0.1) is 18.2 Å². The molecule has 5 atom stereocenters. The second-order valence-corrected chi connectivity index (χ2v) is 6.80. The number of hydrogen-bond donors (Lipinski definition) is 5. The van der Waals surface area contributed by atoms with Crippen LogP contribution in [0.25, 0.3) is 0 Å². The number of nitrogens with one attached hydrogen (secondary N) is 1. The number of aromatic nitrogens is 2. The van der Waals surface area contributed by atoms with E-state index in [1.165, 1.54) is 12.2 Å². The third-order valence-corrected chi connectivity index (χ3v) is 4.82. The van der Waals surface area contributed by atoms with E-state index >= 15 is 0 Å². The number of nitrogens with two attached hydrogens (primary N) is 1. The molecule has 2 aliphatic carbocycles. The summed E-state index contributed by atoms with van der Waals surface area (Å²) < 4.78 is 13.0. The number of halogens is 2. The lowest BCUT2D eigenvalue weighted by Gasteiger charge is -2.19. The third kappa shape index (κ3) is 4.41. The predicted molar refractivity (Wildman–Crippen MR) is 97.3 cm³/mol. The van der Waals surface area contributed by atoms with Crippen LogP contribution in [0.2, 0.25) is 5.15 Å². The lowest BCUT2D eigenvalue weighted by atomic mass is 10.1. The van der Waals surface area contributed by atoms with Crippen LogP contribution in [0, 0.1) is 5.92 Å². The summed E-state index contributed by atoms with van der Waals surface area (Å²) in [5, 5.41) is 40.5. The summed E-state index contributed by atoms with van der Waals surface area (Å²) >= 11 is 6.12. The van der Waals surface area contributed by atoms with Crippen LogP contribution in [0.5, 0.6) is 0 Å². The van der Waals surface area contributed by atoms with Crippen LogP contribution in [0.3, 0.4) is 0 Å². The van der Waals surface area contributed by atoms with E-state index in [4.69, 9.17) is 17.3 Å². The van der Waals surface area contributed by atoms with E-state index in [0.717, 1.165) is 0 Å². The number of nitrogens with zero attached hydrogens (tertiary/aromatic N) is 4. The fraction of sp³-hybridized carbons (Fsp3) is 0.500. The summed E-state index contributed by atoms with van der Waals surface area (Å²) in [5.74, 6) is -0.750. The number of aliphatic hydroxyl groups is 3. The van der Waals surface area contributed by atoms with Gasteiger partial charge in [-0.25, -0.2) is 4.39 Å². The highest BCUT2D eigenvalue weighted by Gasteiger charge is 2.41. The molecule has 1 aromatic rings. The van der Waals surface area contributed by atoms with Crippen LogP contribution in [0.1, 0.15) is 12.8 Å². The Morgan fingerprint density at radius 2 is 2.11 bits per heavy atom. The van der Waals surface area contributed by atoms with Gasteiger partial charge in [0, 0.05) is 12.5 Å². The zero-order valence-corrected chi connectivity index (χ0v) is 15.0. The van der Waals surface area contributed by atoms with Gasteiger partial charge in [-0.15, -0.1) is 5.11 Å². The molecule has 0 amide bonds. The molecule has 6 N–H and O–H groups in total. The first-order chi connectivity index (χ1) is 12.9. The highest BCUT2D eigenvalue weighted by molar-refractivity contribution is 6.32. The SMILES string of the molecule is Nc1nc(Cl)c(N=NC2C=CC(F)=CC2)c(N[C@@H]2C[C@H](CO)[C@@H](O)[C@H]2O)n1. The fourth-order valence-corrected chi connectivity index (χ4v) is 3.27. The minimum atomic E-state index is -1.11. The normalized spacial score (nSPS) is 30.7. The zero-order chi connectivity index (χ0) is 19.6. The average molecular weight is 399 g/mol. The molecule has 27 heavy (non-hydrogen) atoms. The highest BCUT2D eigenvalue weighted by Crippen LogP contribution is 2.35. The van der Waals surface area contributed by atoms with Crippen LogP contribution in [-0.4, -0.2) is 56.2 Å². The van der Waals surface area contributed by atoms with Gasteiger partial charge >= 0.3 is 0 Å². The molecule has 0 radical (unpaired) electrons. The van der Waals surface area contributed by atoms with E-state index < -0.39 is 24.2 Å². The maximum atomic E-state index is 13.0. The Kier molecular flexibility index (Phi) is 6.00. The Hall–Kier alpha value is -2.14. The molecule has 1 saturated carbocycles. The second-order valence-electron chi connectivity index (χ2n) is 6.45. The summed E-state index contributed by atoms with van der Waals surface area (Å²) in [6.45, 7) is -0.256. The maximum absolute atomic E-state index is 13.0. The smallest absolute Gasteiger partial charge is 0.223 e. The number of aliphatic hydroxyl groups excluding tert-OH is 3. The summed E-state index contributed by atoms with van der Waals surface area (Å²) in [6, 6.07) is -0.952. The number of anilines is 2. The molecule has 0 aliphatic heterocycles. The Morgan fingerprint density at radius 1 is 1.33 bits per heavy atom. The van der Waals surface area contributed by atoms with Gasteiger partial charge in [0.2, 0.25) is 5.95 Å². The van der Waals surface area contributed by atoms with E-state index in [9.17, 15) is 19.7 Å². The Bertz CT molecular complexity index is 790. The number of azo groups is 1. The van der Waals surface area contributed by atoms with Crippen molar-refractivity contribution in [2.45, 2.75) is 37.1 Å². The van der Waals surface area contributed by atoms with Crippen molar-refractivity contribution < 1.29 is 19.7 Å². The average Bonchev–Trinajstić information content (AvgIpc) is 2.90. The lowest BCUT2D eigenvalue weighted by Crippen LogP contribution is -2.35. The van der Waals surface area contributed by atoms with Gasteiger partial charge in [0.25, 0.3) is 0 Å². The maximum Gasteiger partial charge on any atom is 0.223 e. The molecule has 1 unspecified atom stereocenters. The van der Waals surface area contributed by atoms with Crippen molar-refractivity contribution in [3.05, 3.63) is 29.2 Å². The van der Waals surface area contributed by atoms with Crippen molar-refractivity contribution in [1.82, 2.24) is 9.97 Å². The van der Waals surface area contributed by atoms with Gasteiger partial charge < -0.3 is 26.4 Å². The first-order valence-corrected chi connectivity index (χ1v) is 8.78. The van der Waals surface area contributed by atoms with Gasteiger partial charge in [-0.1, -0.05) is 17.7 Å². The molecule has 0 aromatic carbocycles. The quantitative estimate of drug-likeness (QED) is 0.372. The number of nitrogen functional groups attached to an aromatic ring is 1. The molecular weight excluding hydrogens is 379 g/mol. The minimum Gasteiger partial charge on any atom is -0.396 e. The van der Waals surface area contributed by atoms with E-state index in [2.05, 4.69) is 25.5 Å².